The molecule has 3 rings (SSSR count). The van der Waals surface area contributed by atoms with Crippen LogP contribution in [0.2, 0.25) is 0 Å². The second-order valence-corrected chi connectivity index (χ2v) is 9.39. The molecule has 1 heterocycles. The highest BCUT2D eigenvalue weighted by molar-refractivity contribution is 7.89. The van der Waals surface area contributed by atoms with Crippen molar-refractivity contribution in [3.63, 3.8) is 0 Å². The van der Waals surface area contributed by atoms with Crippen LogP contribution in [0.3, 0.4) is 0 Å². The van der Waals surface area contributed by atoms with E-state index in [1.54, 1.807) is 23.1 Å². The van der Waals surface area contributed by atoms with Gasteiger partial charge < -0.3 is 9.80 Å². The molecule has 0 radical (unpaired) electrons. The fraction of sp³-hybridized carbons (Fsp3) is 0.450. The van der Waals surface area contributed by atoms with Crippen LogP contribution in [0.5, 0.6) is 0 Å². The monoisotopic (exact) mass is 389 g/mol. The summed E-state index contributed by atoms with van der Waals surface area (Å²) >= 11 is 0. The van der Waals surface area contributed by atoms with Crippen LogP contribution >= 0.6 is 0 Å². The van der Waals surface area contributed by atoms with Crippen molar-refractivity contribution < 1.29 is 13.2 Å². The van der Waals surface area contributed by atoms with E-state index in [2.05, 4.69) is 4.90 Å². The SMILES string of the molecule is CN(C)C1CCN(C(=O)CN(C)S(=O)(=O)c2ccc3ccccc3c2)CC1. The topological polar surface area (TPSA) is 60.9 Å². The number of piperidine rings is 1. The summed E-state index contributed by atoms with van der Waals surface area (Å²) in [5, 5.41) is 1.85. The first-order valence-electron chi connectivity index (χ1n) is 9.18. The Hall–Kier alpha value is -1.96. The lowest BCUT2D eigenvalue weighted by molar-refractivity contribution is -0.132. The predicted octanol–water partition coefficient (Wildman–Crippen LogP) is 2.01. The minimum Gasteiger partial charge on any atom is -0.341 e. The van der Waals surface area contributed by atoms with E-state index in [1.807, 2.05) is 38.4 Å². The summed E-state index contributed by atoms with van der Waals surface area (Å²) < 4.78 is 26.9. The first-order valence-corrected chi connectivity index (χ1v) is 10.6. The van der Waals surface area contributed by atoms with Crippen molar-refractivity contribution in [1.29, 1.82) is 0 Å². The maximum absolute atomic E-state index is 12.9. The molecule has 1 fully saturated rings. The van der Waals surface area contributed by atoms with Gasteiger partial charge in [0.25, 0.3) is 0 Å². The van der Waals surface area contributed by atoms with Crippen LogP contribution < -0.4 is 0 Å². The molecule has 0 aliphatic carbocycles. The third-order valence-corrected chi connectivity index (χ3v) is 7.13. The summed E-state index contributed by atoms with van der Waals surface area (Å²) in [6, 6.07) is 13.2. The van der Waals surface area contributed by atoms with Crippen molar-refractivity contribution in [2.24, 2.45) is 0 Å². The summed E-state index contributed by atoms with van der Waals surface area (Å²) in [6.07, 6.45) is 1.83. The van der Waals surface area contributed by atoms with Crippen LogP contribution in [0, 0.1) is 0 Å². The molecule has 0 saturated carbocycles. The van der Waals surface area contributed by atoms with E-state index in [-0.39, 0.29) is 17.3 Å². The molecule has 1 aliphatic rings. The Labute approximate surface area is 161 Å². The van der Waals surface area contributed by atoms with Gasteiger partial charge in [-0.15, -0.1) is 0 Å². The normalized spacial score (nSPS) is 16.4. The third-order valence-electron chi connectivity index (χ3n) is 5.33. The molecule has 27 heavy (non-hydrogen) atoms. The van der Waals surface area contributed by atoms with Crippen LogP contribution in [0.25, 0.3) is 10.8 Å². The van der Waals surface area contributed by atoms with E-state index in [4.69, 9.17) is 0 Å². The van der Waals surface area contributed by atoms with Crippen LogP contribution in [0.4, 0.5) is 0 Å². The summed E-state index contributed by atoms with van der Waals surface area (Å²) in [5.74, 6) is -0.140. The number of sulfonamides is 1. The quantitative estimate of drug-likeness (QED) is 0.785. The summed E-state index contributed by atoms with van der Waals surface area (Å²) in [7, 11) is 1.85. The molecule has 146 valence electrons. The van der Waals surface area contributed by atoms with Gasteiger partial charge in [0.05, 0.1) is 11.4 Å². The predicted molar refractivity (Wildman–Crippen MR) is 107 cm³/mol. The highest BCUT2D eigenvalue weighted by Gasteiger charge is 2.28. The summed E-state index contributed by atoms with van der Waals surface area (Å²) in [5.41, 5.74) is 0. The molecule has 0 bridgehead atoms. The molecular weight excluding hydrogens is 362 g/mol. The number of benzene rings is 2. The number of fused-ring (bicyclic) bond motifs is 1. The average molecular weight is 390 g/mol. The standard InChI is InChI=1S/C20H27N3O3S/c1-21(2)18-10-12-23(13-11-18)20(24)15-22(3)27(25,26)19-9-8-16-6-4-5-7-17(16)14-19/h4-9,14,18H,10-13,15H2,1-3H3. The van der Waals surface area contributed by atoms with E-state index >= 15 is 0 Å². The van der Waals surface area contributed by atoms with Gasteiger partial charge in [-0.25, -0.2) is 8.42 Å². The molecule has 2 aromatic carbocycles. The molecule has 7 heteroatoms. The van der Waals surface area contributed by atoms with E-state index in [9.17, 15) is 13.2 Å². The van der Waals surface area contributed by atoms with Crippen molar-refractivity contribution >= 4 is 26.7 Å². The molecule has 1 saturated heterocycles. The highest BCUT2D eigenvalue weighted by Crippen LogP contribution is 2.22. The van der Waals surface area contributed by atoms with Crippen molar-refractivity contribution in [2.45, 2.75) is 23.8 Å². The number of carbonyl (C=O) groups excluding carboxylic acids is 1. The lowest BCUT2D eigenvalue weighted by Gasteiger charge is -2.35. The number of amides is 1. The number of hydrogen-bond donors (Lipinski definition) is 0. The number of nitrogens with zero attached hydrogens (tertiary/aromatic N) is 3. The minimum atomic E-state index is -3.71. The molecule has 1 aliphatic heterocycles. The number of hydrogen-bond acceptors (Lipinski definition) is 4. The Morgan fingerprint density at radius 3 is 2.30 bits per heavy atom. The van der Waals surface area contributed by atoms with Gasteiger partial charge in [0.2, 0.25) is 15.9 Å². The molecule has 1 amide bonds. The zero-order chi connectivity index (χ0) is 19.6. The number of rotatable bonds is 5. The van der Waals surface area contributed by atoms with Crippen molar-refractivity contribution in [3.05, 3.63) is 42.5 Å². The van der Waals surface area contributed by atoms with Crippen molar-refractivity contribution in [2.75, 3.05) is 40.8 Å². The largest absolute Gasteiger partial charge is 0.341 e. The van der Waals surface area contributed by atoms with Crippen molar-refractivity contribution in [1.82, 2.24) is 14.1 Å². The molecule has 2 aromatic rings. The number of likely N-dealkylation sites (N-methyl/N-ethyl adjacent to an activating group) is 1. The molecule has 0 unspecified atom stereocenters. The van der Waals surface area contributed by atoms with E-state index in [0.717, 1.165) is 27.9 Å². The van der Waals surface area contributed by atoms with Gasteiger partial charge in [0.1, 0.15) is 0 Å². The molecule has 0 spiro atoms. The van der Waals surface area contributed by atoms with Gasteiger partial charge in [-0.2, -0.15) is 4.31 Å². The fourth-order valence-corrected chi connectivity index (χ4v) is 4.67. The van der Waals surface area contributed by atoms with E-state index in [1.165, 1.54) is 7.05 Å². The lowest BCUT2D eigenvalue weighted by atomic mass is 10.0. The Kier molecular flexibility index (Phi) is 5.83. The fourth-order valence-electron chi connectivity index (χ4n) is 3.51. The summed E-state index contributed by atoms with van der Waals surface area (Å²) in [6.45, 7) is 1.21. The van der Waals surface area contributed by atoms with Gasteiger partial charge in [-0.05, 0) is 49.8 Å². The maximum Gasteiger partial charge on any atom is 0.243 e. The first kappa shape index (κ1) is 19.8. The Morgan fingerprint density at radius 1 is 1.04 bits per heavy atom. The molecule has 6 nitrogen and oxygen atoms in total. The maximum atomic E-state index is 12.9. The summed E-state index contributed by atoms with van der Waals surface area (Å²) in [4.78, 5) is 16.7. The first-order chi connectivity index (χ1) is 12.8. The number of carbonyl (C=O) groups is 1. The molecular formula is C20H27N3O3S. The van der Waals surface area contributed by atoms with Crippen LogP contribution in [-0.4, -0.2) is 75.2 Å². The van der Waals surface area contributed by atoms with Crippen LogP contribution in [0.15, 0.2) is 47.4 Å². The van der Waals surface area contributed by atoms with Crippen LogP contribution in [-0.2, 0) is 14.8 Å². The van der Waals surface area contributed by atoms with Gasteiger partial charge in [0, 0.05) is 26.2 Å². The average Bonchev–Trinajstić information content (AvgIpc) is 2.67. The Balaban J connectivity index is 1.68. The second-order valence-electron chi connectivity index (χ2n) is 7.35. The van der Waals surface area contributed by atoms with Gasteiger partial charge in [0.15, 0.2) is 0 Å². The zero-order valence-electron chi connectivity index (χ0n) is 16.1. The second kappa shape index (κ2) is 7.96. The molecule has 0 atom stereocenters. The van der Waals surface area contributed by atoms with E-state index in [0.29, 0.717) is 19.1 Å². The van der Waals surface area contributed by atoms with Gasteiger partial charge in [-0.1, -0.05) is 30.3 Å². The highest BCUT2D eigenvalue weighted by atomic mass is 32.2. The Morgan fingerprint density at radius 2 is 1.67 bits per heavy atom. The minimum absolute atomic E-state index is 0.137. The Bertz CT molecular complexity index is 919. The van der Waals surface area contributed by atoms with Gasteiger partial charge in [-0.3, -0.25) is 4.79 Å². The smallest absolute Gasteiger partial charge is 0.243 e. The number of likely N-dealkylation sites (tertiary alicyclic amines) is 1. The lowest BCUT2D eigenvalue weighted by Crippen LogP contribution is -2.47. The molecule has 0 aromatic heterocycles. The third kappa shape index (κ3) is 4.31. The van der Waals surface area contributed by atoms with Crippen LogP contribution in [0.1, 0.15) is 12.8 Å². The molecule has 0 N–H and O–H groups in total. The van der Waals surface area contributed by atoms with E-state index < -0.39 is 10.0 Å². The van der Waals surface area contributed by atoms with Gasteiger partial charge >= 0.3 is 0 Å². The van der Waals surface area contributed by atoms with Crippen molar-refractivity contribution in [3.8, 4) is 0 Å². The zero-order valence-corrected chi connectivity index (χ0v) is 16.9.